The highest BCUT2D eigenvalue weighted by Crippen LogP contribution is 2.29. The topological polar surface area (TPSA) is 52.6 Å². The summed E-state index contributed by atoms with van der Waals surface area (Å²) in [6.07, 6.45) is 0.827. The van der Waals surface area contributed by atoms with Crippen molar-refractivity contribution in [3.05, 3.63) is 57.8 Å². The number of urea groups is 1. The van der Waals surface area contributed by atoms with Gasteiger partial charge in [0.2, 0.25) is 0 Å². The molecule has 5 heteroatoms. The Bertz CT molecular complexity index is 642. The maximum absolute atomic E-state index is 12.6. The van der Waals surface area contributed by atoms with Gasteiger partial charge in [0, 0.05) is 11.4 Å². The van der Waals surface area contributed by atoms with Crippen LogP contribution in [0.15, 0.2) is 41.8 Å². The van der Waals surface area contributed by atoms with E-state index < -0.39 is 0 Å². The van der Waals surface area contributed by atoms with Crippen molar-refractivity contribution in [2.24, 2.45) is 0 Å². The summed E-state index contributed by atoms with van der Waals surface area (Å²) in [5.41, 5.74) is 2.27. The quantitative estimate of drug-likeness (QED) is 0.914. The molecule has 0 fully saturated rings. The highest BCUT2D eigenvalue weighted by molar-refractivity contribution is 7.10. The molecule has 0 unspecified atom stereocenters. The number of rotatable bonds is 3. The minimum absolute atomic E-state index is 0.0241. The van der Waals surface area contributed by atoms with E-state index in [4.69, 9.17) is 0 Å². The van der Waals surface area contributed by atoms with Crippen LogP contribution < -0.4 is 5.32 Å². The number of carbonyl (C=O) groups is 1. The monoisotopic (exact) mass is 316 g/mol. The molecule has 0 saturated carbocycles. The number of hydrogen-bond donors (Lipinski definition) is 2. The van der Waals surface area contributed by atoms with Crippen LogP contribution in [0.1, 0.15) is 35.0 Å². The van der Waals surface area contributed by atoms with Crippen LogP contribution in [0.2, 0.25) is 0 Å². The molecule has 0 saturated heterocycles. The van der Waals surface area contributed by atoms with Gasteiger partial charge >= 0.3 is 6.03 Å². The van der Waals surface area contributed by atoms with E-state index in [2.05, 4.69) is 11.4 Å². The van der Waals surface area contributed by atoms with Gasteiger partial charge in [-0.2, -0.15) is 0 Å². The van der Waals surface area contributed by atoms with Crippen LogP contribution in [-0.4, -0.2) is 29.2 Å². The Labute approximate surface area is 134 Å². The van der Waals surface area contributed by atoms with E-state index in [1.54, 1.807) is 16.2 Å². The molecule has 1 aliphatic heterocycles. The molecule has 2 amide bonds. The van der Waals surface area contributed by atoms with Gasteiger partial charge in [-0.15, -0.1) is 11.3 Å². The predicted octanol–water partition coefficient (Wildman–Crippen LogP) is 3.11. The molecule has 0 bridgehead atoms. The Morgan fingerprint density at radius 2 is 2.23 bits per heavy atom. The van der Waals surface area contributed by atoms with Crippen molar-refractivity contribution in [1.29, 1.82) is 0 Å². The molecule has 1 aromatic heterocycles. The van der Waals surface area contributed by atoms with Crippen molar-refractivity contribution in [2.75, 3.05) is 13.2 Å². The largest absolute Gasteiger partial charge is 0.394 e. The van der Waals surface area contributed by atoms with Gasteiger partial charge in [-0.1, -0.05) is 30.3 Å². The number of amides is 2. The number of hydrogen-bond acceptors (Lipinski definition) is 3. The first-order chi connectivity index (χ1) is 10.7. The summed E-state index contributed by atoms with van der Waals surface area (Å²) in [6, 6.07) is 11.6. The molecule has 2 atom stereocenters. The molecule has 1 aromatic carbocycles. The Kier molecular flexibility index (Phi) is 4.45. The zero-order valence-corrected chi connectivity index (χ0v) is 13.3. The highest BCUT2D eigenvalue weighted by Gasteiger charge is 2.30. The molecule has 3 rings (SSSR count). The summed E-state index contributed by atoms with van der Waals surface area (Å²) in [5.74, 6) is 0. The average Bonchev–Trinajstić information content (AvgIpc) is 3.08. The lowest BCUT2D eigenvalue weighted by Crippen LogP contribution is -2.47. The van der Waals surface area contributed by atoms with Crippen molar-refractivity contribution >= 4 is 17.4 Å². The lowest BCUT2D eigenvalue weighted by molar-refractivity contribution is 0.125. The zero-order chi connectivity index (χ0) is 15.5. The van der Waals surface area contributed by atoms with Gasteiger partial charge < -0.3 is 15.3 Å². The summed E-state index contributed by atoms with van der Waals surface area (Å²) in [7, 11) is 0. The number of nitrogens with one attached hydrogen (secondary N) is 1. The van der Waals surface area contributed by atoms with Gasteiger partial charge in [0.05, 0.1) is 18.7 Å². The molecular formula is C17H20N2O2S. The van der Waals surface area contributed by atoms with E-state index in [1.165, 1.54) is 5.56 Å². The fraction of sp³-hybridized carbons (Fsp3) is 0.353. The summed E-state index contributed by atoms with van der Waals surface area (Å²) in [6.45, 7) is 2.55. The van der Waals surface area contributed by atoms with Crippen molar-refractivity contribution in [2.45, 2.75) is 25.4 Å². The lowest BCUT2D eigenvalue weighted by atomic mass is 9.93. The second-order valence-corrected chi connectivity index (χ2v) is 6.51. The number of thiophene rings is 1. The molecule has 1 aliphatic rings. The summed E-state index contributed by atoms with van der Waals surface area (Å²) < 4.78 is 0. The zero-order valence-electron chi connectivity index (χ0n) is 12.5. The normalized spacial score (nSPS) is 18.6. The number of aliphatic hydroxyl groups excluding tert-OH is 1. The van der Waals surface area contributed by atoms with Gasteiger partial charge in [0.25, 0.3) is 0 Å². The van der Waals surface area contributed by atoms with Gasteiger partial charge in [0.15, 0.2) is 0 Å². The first-order valence-corrected chi connectivity index (χ1v) is 8.38. The second-order valence-electron chi connectivity index (χ2n) is 5.53. The third kappa shape index (κ3) is 2.87. The second kappa shape index (κ2) is 6.50. The first kappa shape index (κ1) is 15.1. The third-order valence-corrected chi connectivity index (χ3v) is 5.21. The highest BCUT2D eigenvalue weighted by atomic mass is 32.1. The van der Waals surface area contributed by atoms with Crippen LogP contribution in [0, 0.1) is 0 Å². The molecule has 2 heterocycles. The maximum Gasteiger partial charge on any atom is 0.318 e. The minimum Gasteiger partial charge on any atom is -0.394 e. The van der Waals surface area contributed by atoms with Crippen LogP contribution in [0.5, 0.6) is 0 Å². The Morgan fingerprint density at radius 3 is 2.95 bits per heavy atom. The SMILES string of the molecule is C[C@@H](NC(=O)N1CCc2ccccc2[C@H]1CO)c1cccs1. The van der Waals surface area contributed by atoms with E-state index in [-0.39, 0.29) is 24.7 Å². The van der Waals surface area contributed by atoms with Gasteiger partial charge in [-0.25, -0.2) is 4.79 Å². The molecule has 116 valence electrons. The fourth-order valence-corrected chi connectivity index (χ4v) is 3.70. The summed E-state index contributed by atoms with van der Waals surface area (Å²) >= 11 is 1.63. The standard InChI is InChI=1S/C17H20N2O2S/c1-12(16-7-4-10-22-16)18-17(21)19-9-8-13-5-2-3-6-14(13)15(19)11-20/h2-7,10,12,15,20H,8-9,11H2,1H3,(H,18,21)/t12-,15-/m1/s1. The van der Waals surface area contributed by atoms with Crippen molar-refractivity contribution < 1.29 is 9.90 Å². The number of fused-ring (bicyclic) bond motifs is 1. The van der Waals surface area contributed by atoms with Crippen LogP contribution in [-0.2, 0) is 6.42 Å². The molecule has 0 spiro atoms. The minimum atomic E-state index is -0.263. The first-order valence-electron chi connectivity index (χ1n) is 7.50. The molecule has 0 radical (unpaired) electrons. The van der Waals surface area contributed by atoms with Gasteiger partial charge in [-0.3, -0.25) is 0 Å². The predicted molar refractivity (Wildman–Crippen MR) is 87.9 cm³/mol. The summed E-state index contributed by atoms with van der Waals surface area (Å²) in [5, 5.41) is 14.8. The summed E-state index contributed by atoms with van der Waals surface area (Å²) in [4.78, 5) is 15.5. The van der Waals surface area contributed by atoms with E-state index >= 15 is 0 Å². The van der Waals surface area contributed by atoms with Crippen LogP contribution in [0.25, 0.3) is 0 Å². The smallest absolute Gasteiger partial charge is 0.318 e. The van der Waals surface area contributed by atoms with E-state index in [9.17, 15) is 9.90 Å². The van der Waals surface area contributed by atoms with Crippen molar-refractivity contribution in [1.82, 2.24) is 10.2 Å². The van der Waals surface area contributed by atoms with Gasteiger partial charge in [-0.05, 0) is 35.9 Å². The van der Waals surface area contributed by atoms with E-state index in [1.807, 2.05) is 42.6 Å². The molecule has 2 aromatic rings. The number of nitrogens with zero attached hydrogens (tertiary/aromatic N) is 1. The van der Waals surface area contributed by atoms with Crippen molar-refractivity contribution in [3.8, 4) is 0 Å². The third-order valence-electron chi connectivity index (χ3n) is 4.16. The Balaban J connectivity index is 1.75. The Morgan fingerprint density at radius 1 is 1.41 bits per heavy atom. The van der Waals surface area contributed by atoms with Crippen molar-refractivity contribution in [3.63, 3.8) is 0 Å². The number of carbonyl (C=O) groups excluding carboxylic acids is 1. The Hall–Kier alpha value is -1.85. The maximum atomic E-state index is 12.6. The van der Waals surface area contributed by atoms with Crippen LogP contribution in [0.4, 0.5) is 4.79 Å². The lowest BCUT2D eigenvalue weighted by Gasteiger charge is -2.36. The van der Waals surface area contributed by atoms with Gasteiger partial charge in [0.1, 0.15) is 0 Å². The average molecular weight is 316 g/mol. The molecule has 0 aliphatic carbocycles. The molecule has 4 nitrogen and oxygen atoms in total. The van der Waals surface area contributed by atoms with Crippen LogP contribution >= 0.6 is 11.3 Å². The molecule has 22 heavy (non-hydrogen) atoms. The van der Waals surface area contributed by atoms with E-state index in [0.29, 0.717) is 6.54 Å². The molecule has 2 N–H and O–H groups in total. The molecular weight excluding hydrogens is 296 g/mol. The fourth-order valence-electron chi connectivity index (χ4n) is 2.97. The van der Waals surface area contributed by atoms with E-state index in [0.717, 1.165) is 16.9 Å². The number of benzene rings is 1. The number of aliphatic hydroxyl groups is 1. The van der Waals surface area contributed by atoms with Crippen LogP contribution in [0.3, 0.4) is 0 Å².